The van der Waals surface area contributed by atoms with Crippen molar-refractivity contribution in [2.24, 2.45) is 16.7 Å². The zero-order chi connectivity index (χ0) is 21.2. The number of nitrogens with one attached hydrogen (secondary N) is 1. The lowest BCUT2D eigenvalue weighted by Gasteiger charge is -2.35. The van der Waals surface area contributed by atoms with Gasteiger partial charge in [0.05, 0.1) is 0 Å². The molecule has 2 heteroatoms. The molecule has 3 rings (SSSR count). The molecule has 2 fully saturated rings. The first-order valence-corrected chi connectivity index (χ1v) is 11.9. The molecule has 1 atom stereocenters. The van der Waals surface area contributed by atoms with Gasteiger partial charge in [-0.1, -0.05) is 73.6 Å². The zero-order valence-corrected chi connectivity index (χ0v) is 20.2. The first-order valence-electron chi connectivity index (χ1n) is 11.9. The quantitative estimate of drug-likeness (QED) is 0.514. The largest absolute Gasteiger partial charge is 0.369 e. The minimum absolute atomic E-state index is 0.427. The van der Waals surface area contributed by atoms with E-state index in [1.165, 1.54) is 31.4 Å². The predicted molar refractivity (Wildman–Crippen MR) is 127 cm³/mol. The Morgan fingerprint density at radius 3 is 2.14 bits per heavy atom. The predicted octanol–water partition coefficient (Wildman–Crippen LogP) is 6.96. The Bertz CT molecular complexity index is 531. The van der Waals surface area contributed by atoms with Crippen molar-refractivity contribution in [3.63, 3.8) is 0 Å². The van der Waals surface area contributed by atoms with Gasteiger partial charge in [0.15, 0.2) is 0 Å². The van der Waals surface area contributed by atoms with Gasteiger partial charge < -0.3 is 10.2 Å². The topological polar surface area (TPSA) is 15.3 Å². The summed E-state index contributed by atoms with van der Waals surface area (Å²) < 4.78 is 0. The summed E-state index contributed by atoms with van der Waals surface area (Å²) in [5.74, 6) is 0.700. The van der Waals surface area contributed by atoms with E-state index in [1.807, 2.05) is 27.7 Å². The highest BCUT2D eigenvalue weighted by Crippen LogP contribution is 2.48. The second-order valence-electron chi connectivity index (χ2n) is 9.56. The van der Waals surface area contributed by atoms with E-state index in [2.05, 4.69) is 62.2 Å². The summed E-state index contributed by atoms with van der Waals surface area (Å²) in [6, 6.07) is 0. The molecule has 0 amide bonds. The smallest absolute Gasteiger partial charge is 0.0399 e. The van der Waals surface area contributed by atoms with Crippen molar-refractivity contribution in [2.45, 2.75) is 87.5 Å². The average molecular weight is 389 g/mol. The Labute approximate surface area is 176 Å². The Morgan fingerprint density at radius 1 is 0.893 bits per heavy atom. The van der Waals surface area contributed by atoms with E-state index in [0.717, 1.165) is 32.6 Å². The minimum atomic E-state index is 0.427. The summed E-state index contributed by atoms with van der Waals surface area (Å²) in [6.07, 6.45) is 16.0. The molecular weight excluding hydrogens is 340 g/mol. The number of rotatable bonds is 2. The van der Waals surface area contributed by atoms with E-state index >= 15 is 0 Å². The Hall–Kier alpha value is -1.02. The molecule has 2 aliphatic carbocycles. The van der Waals surface area contributed by atoms with Crippen LogP contribution in [0.2, 0.25) is 0 Å². The van der Waals surface area contributed by atoms with Gasteiger partial charge in [0, 0.05) is 31.9 Å². The van der Waals surface area contributed by atoms with Crippen LogP contribution in [0.5, 0.6) is 0 Å². The lowest BCUT2D eigenvalue weighted by Crippen LogP contribution is -2.43. The molecule has 0 spiro atoms. The molecule has 0 bridgehead atoms. The van der Waals surface area contributed by atoms with Crippen molar-refractivity contribution in [1.82, 2.24) is 10.2 Å². The fraction of sp³-hybridized carbons (Fsp3) is 0.769. The lowest BCUT2D eigenvalue weighted by molar-refractivity contribution is 0.196. The van der Waals surface area contributed by atoms with Crippen molar-refractivity contribution < 1.29 is 0 Å². The van der Waals surface area contributed by atoms with E-state index in [-0.39, 0.29) is 0 Å². The Kier molecular flexibility index (Phi) is 10.6. The Morgan fingerprint density at radius 2 is 1.50 bits per heavy atom. The molecule has 1 N–H and O–H groups in total. The molecule has 0 radical (unpaired) electrons. The molecule has 1 aliphatic heterocycles. The standard InChI is InChI=1S/C22H36N2.2C2H6/c1-21(2)11-10-18(16-22(3,4)17-21)19-8-6-5-7-9-20(19)24-14-12-23-13-15-24;2*1-2/h6-9,18,23H,5,10-17H2,1-4H3;2*1-2H3. The van der Waals surface area contributed by atoms with Gasteiger partial charge in [-0.25, -0.2) is 0 Å². The summed E-state index contributed by atoms with van der Waals surface area (Å²) in [5.41, 5.74) is 4.01. The zero-order valence-electron chi connectivity index (χ0n) is 20.2. The Balaban J connectivity index is 0.000000921. The van der Waals surface area contributed by atoms with Crippen LogP contribution in [-0.2, 0) is 0 Å². The summed E-state index contributed by atoms with van der Waals surface area (Å²) >= 11 is 0. The molecule has 28 heavy (non-hydrogen) atoms. The highest BCUT2D eigenvalue weighted by Gasteiger charge is 2.36. The summed E-state index contributed by atoms with van der Waals surface area (Å²) in [7, 11) is 0. The summed E-state index contributed by atoms with van der Waals surface area (Å²) in [6.45, 7) is 22.4. The third kappa shape index (κ3) is 7.43. The lowest BCUT2D eigenvalue weighted by atomic mass is 9.73. The van der Waals surface area contributed by atoms with E-state index in [9.17, 15) is 0 Å². The van der Waals surface area contributed by atoms with Crippen LogP contribution in [0, 0.1) is 16.7 Å². The molecule has 1 saturated heterocycles. The SMILES string of the molecule is CC.CC.CC1(C)CCC(C2=C(N3CCNCC3)C=CCC=C2)CC(C)(C)C1. The molecule has 1 unspecified atom stereocenters. The van der Waals surface area contributed by atoms with Crippen LogP contribution in [0.15, 0.2) is 35.6 Å². The number of allylic oxidation sites excluding steroid dienone is 5. The number of hydrogen-bond donors (Lipinski definition) is 1. The van der Waals surface area contributed by atoms with Crippen molar-refractivity contribution in [3.05, 3.63) is 35.6 Å². The first kappa shape index (κ1) is 25.0. The van der Waals surface area contributed by atoms with E-state index in [1.54, 1.807) is 5.57 Å². The monoisotopic (exact) mass is 388 g/mol. The molecule has 3 aliphatic rings. The molecule has 0 aromatic heterocycles. The number of nitrogens with zero attached hydrogens (tertiary/aromatic N) is 1. The van der Waals surface area contributed by atoms with Crippen molar-refractivity contribution in [2.75, 3.05) is 26.2 Å². The summed E-state index contributed by atoms with van der Waals surface area (Å²) in [4.78, 5) is 2.61. The van der Waals surface area contributed by atoms with Gasteiger partial charge in [-0.05, 0) is 60.5 Å². The maximum atomic E-state index is 3.49. The number of piperazine rings is 1. The molecule has 1 saturated carbocycles. The highest BCUT2D eigenvalue weighted by atomic mass is 15.2. The van der Waals surface area contributed by atoms with Crippen LogP contribution in [0.4, 0.5) is 0 Å². The van der Waals surface area contributed by atoms with Gasteiger partial charge in [0.2, 0.25) is 0 Å². The van der Waals surface area contributed by atoms with Crippen LogP contribution in [0.25, 0.3) is 0 Å². The van der Waals surface area contributed by atoms with Crippen LogP contribution in [0.3, 0.4) is 0 Å². The van der Waals surface area contributed by atoms with Crippen LogP contribution in [-0.4, -0.2) is 31.1 Å². The first-order chi connectivity index (χ1) is 13.4. The van der Waals surface area contributed by atoms with Gasteiger partial charge in [0.1, 0.15) is 0 Å². The van der Waals surface area contributed by atoms with Crippen molar-refractivity contribution >= 4 is 0 Å². The van der Waals surface area contributed by atoms with Gasteiger partial charge in [-0.3, -0.25) is 0 Å². The minimum Gasteiger partial charge on any atom is -0.369 e. The molecular formula is C26H48N2. The van der Waals surface area contributed by atoms with E-state index in [4.69, 9.17) is 0 Å². The molecule has 1 heterocycles. The fourth-order valence-electron chi connectivity index (χ4n) is 5.23. The van der Waals surface area contributed by atoms with Crippen LogP contribution >= 0.6 is 0 Å². The maximum absolute atomic E-state index is 3.49. The fourth-order valence-corrected chi connectivity index (χ4v) is 5.23. The van der Waals surface area contributed by atoms with Gasteiger partial charge in [-0.2, -0.15) is 0 Å². The maximum Gasteiger partial charge on any atom is 0.0399 e. The third-order valence-electron chi connectivity index (χ3n) is 5.96. The second-order valence-corrected chi connectivity index (χ2v) is 9.56. The van der Waals surface area contributed by atoms with E-state index < -0.39 is 0 Å². The van der Waals surface area contributed by atoms with Crippen LogP contribution < -0.4 is 5.32 Å². The normalized spacial score (nSPS) is 26.3. The molecule has 162 valence electrons. The van der Waals surface area contributed by atoms with Gasteiger partial charge >= 0.3 is 0 Å². The molecule has 2 nitrogen and oxygen atoms in total. The van der Waals surface area contributed by atoms with Crippen molar-refractivity contribution in [1.29, 1.82) is 0 Å². The molecule has 0 aromatic carbocycles. The molecule has 0 aromatic rings. The van der Waals surface area contributed by atoms with Crippen molar-refractivity contribution in [3.8, 4) is 0 Å². The summed E-state index contributed by atoms with van der Waals surface area (Å²) in [5, 5.41) is 3.49. The second kappa shape index (κ2) is 11.9. The average Bonchev–Trinajstić information content (AvgIpc) is 2.99. The third-order valence-corrected chi connectivity index (χ3v) is 5.96. The van der Waals surface area contributed by atoms with Gasteiger partial charge in [0.25, 0.3) is 0 Å². The van der Waals surface area contributed by atoms with Gasteiger partial charge in [-0.15, -0.1) is 0 Å². The van der Waals surface area contributed by atoms with Crippen LogP contribution in [0.1, 0.15) is 87.5 Å². The highest BCUT2D eigenvalue weighted by molar-refractivity contribution is 5.37. The number of hydrogen-bond acceptors (Lipinski definition) is 2. The van der Waals surface area contributed by atoms with E-state index in [0.29, 0.717) is 16.7 Å².